The van der Waals surface area contributed by atoms with Crippen molar-refractivity contribution in [1.82, 2.24) is 4.72 Å². The summed E-state index contributed by atoms with van der Waals surface area (Å²) in [4.78, 5) is 36.9. The zero-order valence-electron chi connectivity index (χ0n) is 14.3. The summed E-state index contributed by atoms with van der Waals surface area (Å²) >= 11 is 0.869. The standard InChI is InChI=1S/C16H16N4O5S2/c1-8-15(22)18-10-7-9(3-4-11(10)20(8)2)16(23)19-27(24,25)12-5-6-26-13(12)14(17)21/h3-8H,1-2H3,(H2,17,21)(H,18,22)(H,19,23). The van der Waals surface area contributed by atoms with Crippen LogP contribution in [-0.2, 0) is 14.8 Å². The van der Waals surface area contributed by atoms with E-state index in [9.17, 15) is 22.8 Å². The third-order valence-corrected chi connectivity index (χ3v) is 6.66. The van der Waals surface area contributed by atoms with Crippen LogP contribution in [0, 0.1) is 0 Å². The summed E-state index contributed by atoms with van der Waals surface area (Å²) < 4.78 is 26.8. The van der Waals surface area contributed by atoms with E-state index >= 15 is 0 Å². The van der Waals surface area contributed by atoms with E-state index < -0.39 is 21.8 Å². The van der Waals surface area contributed by atoms with E-state index in [-0.39, 0.29) is 27.3 Å². The second-order valence-electron chi connectivity index (χ2n) is 5.92. The first-order chi connectivity index (χ1) is 12.6. The molecule has 1 aromatic heterocycles. The Hall–Kier alpha value is -2.92. The molecule has 0 saturated carbocycles. The van der Waals surface area contributed by atoms with Gasteiger partial charge >= 0.3 is 0 Å². The number of benzene rings is 1. The highest BCUT2D eigenvalue weighted by Gasteiger charge is 2.29. The maximum absolute atomic E-state index is 12.4. The monoisotopic (exact) mass is 408 g/mol. The van der Waals surface area contributed by atoms with Crippen LogP contribution in [0.4, 0.5) is 11.4 Å². The lowest BCUT2D eigenvalue weighted by Crippen LogP contribution is -2.44. The fraction of sp³-hybridized carbons (Fsp3) is 0.188. The average molecular weight is 408 g/mol. The molecule has 3 rings (SSSR count). The van der Waals surface area contributed by atoms with Crippen LogP contribution in [0.3, 0.4) is 0 Å². The average Bonchev–Trinajstić information content (AvgIpc) is 3.10. The highest BCUT2D eigenvalue weighted by Crippen LogP contribution is 2.32. The fourth-order valence-corrected chi connectivity index (χ4v) is 4.90. The van der Waals surface area contributed by atoms with E-state index in [0.29, 0.717) is 11.4 Å². The molecule has 0 fully saturated rings. The van der Waals surface area contributed by atoms with E-state index in [1.54, 1.807) is 24.9 Å². The van der Waals surface area contributed by atoms with Crippen molar-refractivity contribution >= 4 is 50.5 Å². The van der Waals surface area contributed by atoms with Crippen LogP contribution >= 0.6 is 11.3 Å². The van der Waals surface area contributed by atoms with Crippen molar-refractivity contribution < 1.29 is 22.8 Å². The van der Waals surface area contributed by atoms with Gasteiger partial charge in [0.2, 0.25) is 5.91 Å². The lowest BCUT2D eigenvalue weighted by molar-refractivity contribution is -0.117. The Kier molecular flexibility index (Phi) is 4.66. The smallest absolute Gasteiger partial charge is 0.265 e. The van der Waals surface area contributed by atoms with Crippen LogP contribution in [0.15, 0.2) is 34.5 Å². The lowest BCUT2D eigenvalue weighted by Gasteiger charge is -2.33. The molecule has 142 valence electrons. The van der Waals surface area contributed by atoms with E-state index in [1.165, 1.54) is 23.6 Å². The first-order valence-corrected chi connectivity index (χ1v) is 10.1. The molecular weight excluding hydrogens is 392 g/mol. The van der Waals surface area contributed by atoms with Gasteiger partial charge in [-0.2, -0.15) is 0 Å². The normalized spacial score (nSPS) is 16.4. The van der Waals surface area contributed by atoms with Crippen molar-refractivity contribution in [2.75, 3.05) is 17.3 Å². The number of primary amides is 1. The molecule has 0 bridgehead atoms. The van der Waals surface area contributed by atoms with Crippen LogP contribution in [0.1, 0.15) is 27.0 Å². The van der Waals surface area contributed by atoms with Crippen molar-refractivity contribution in [2.45, 2.75) is 17.9 Å². The summed E-state index contributed by atoms with van der Waals surface area (Å²) in [5.41, 5.74) is 6.30. The first kappa shape index (κ1) is 18.9. The molecule has 0 saturated heterocycles. The number of nitrogens with one attached hydrogen (secondary N) is 2. The van der Waals surface area contributed by atoms with Crippen LogP contribution in [-0.4, -0.2) is 39.2 Å². The molecular formula is C16H16N4O5S2. The molecule has 1 aliphatic rings. The topological polar surface area (TPSA) is 139 Å². The van der Waals surface area contributed by atoms with Crippen molar-refractivity contribution in [2.24, 2.45) is 5.73 Å². The van der Waals surface area contributed by atoms with Gasteiger partial charge in [-0.3, -0.25) is 14.4 Å². The third kappa shape index (κ3) is 3.38. The molecule has 2 heterocycles. The van der Waals surface area contributed by atoms with Gasteiger partial charge in [0.25, 0.3) is 21.8 Å². The number of likely N-dealkylation sites (N-methyl/N-ethyl adjacent to an activating group) is 1. The van der Waals surface area contributed by atoms with Crippen molar-refractivity contribution in [3.63, 3.8) is 0 Å². The summed E-state index contributed by atoms with van der Waals surface area (Å²) in [6, 6.07) is 5.29. The number of thiophene rings is 1. The molecule has 1 aliphatic heterocycles. The number of nitrogens with zero attached hydrogens (tertiary/aromatic N) is 1. The van der Waals surface area contributed by atoms with Crippen molar-refractivity contribution in [1.29, 1.82) is 0 Å². The van der Waals surface area contributed by atoms with Gasteiger partial charge in [-0.1, -0.05) is 0 Å². The summed E-state index contributed by atoms with van der Waals surface area (Å²) in [5, 5.41) is 4.07. The molecule has 1 unspecified atom stereocenters. The second-order valence-corrected chi connectivity index (χ2v) is 8.49. The Bertz CT molecular complexity index is 1060. The van der Waals surface area contributed by atoms with Gasteiger partial charge in [0, 0.05) is 12.6 Å². The minimum Gasteiger partial charge on any atom is -0.365 e. The molecule has 4 N–H and O–H groups in total. The van der Waals surface area contributed by atoms with E-state index in [4.69, 9.17) is 5.73 Å². The predicted molar refractivity (Wildman–Crippen MR) is 100 cm³/mol. The van der Waals surface area contributed by atoms with Gasteiger partial charge in [-0.25, -0.2) is 13.1 Å². The number of carbonyl (C=O) groups is 3. The zero-order valence-corrected chi connectivity index (χ0v) is 16.0. The van der Waals surface area contributed by atoms with Gasteiger partial charge in [-0.15, -0.1) is 11.3 Å². The first-order valence-electron chi connectivity index (χ1n) is 7.74. The molecule has 2 aromatic rings. The van der Waals surface area contributed by atoms with Crippen LogP contribution in [0.2, 0.25) is 0 Å². The van der Waals surface area contributed by atoms with Gasteiger partial charge < -0.3 is 16.0 Å². The molecule has 11 heteroatoms. The number of sulfonamides is 1. The maximum Gasteiger partial charge on any atom is 0.265 e. The number of rotatable bonds is 4. The van der Waals surface area contributed by atoms with Gasteiger partial charge in [0.15, 0.2) is 0 Å². The molecule has 0 aliphatic carbocycles. The molecule has 1 atom stereocenters. The maximum atomic E-state index is 12.4. The van der Waals surface area contributed by atoms with E-state index in [1.807, 2.05) is 4.72 Å². The highest BCUT2D eigenvalue weighted by atomic mass is 32.2. The minimum atomic E-state index is -4.28. The Labute approximate surface area is 159 Å². The Morgan fingerprint density at radius 1 is 1.30 bits per heavy atom. The molecule has 1 aromatic carbocycles. The summed E-state index contributed by atoms with van der Waals surface area (Å²) in [5.74, 6) is -2.03. The minimum absolute atomic E-state index is 0.0384. The zero-order chi connectivity index (χ0) is 19.9. The Balaban J connectivity index is 1.89. The van der Waals surface area contributed by atoms with Crippen molar-refractivity contribution in [3.05, 3.63) is 40.1 Å². The molecule has 0 spiro atoms. The third-order valence-electron chi connectivity index (χ3n) is 4.23. The molecule has 0 radical (unpaired) electrons. The number of carbonyl (C=O) groups excluding carboxylic acids is 3. The van der Waals surface area contributed by atoms with E-state index in [2.05, 4.69) is 5.32 Å². The van der Waals surface area contributed by atoms with Gasteiger partial charge in [-0.05, 0) is 36.6 Å². The largest absolute Gasteiger partial charge is 0.365 e. The van der Waals surface area contributed by atoms with E-state index in [0.717, 1.165) is 11.3 Å². The number of fused-ring (bicyclic) bond motifs is 1. The molecule has 3 amide bonds. The SMILES string of the molecule is CC1C(=O)Nc2cc(C(=O)NS(=O)(=O)c3ccsc3C(N)=O)ccc2N1C. The number of nitrogens with two attached hydrogens (primary N) is 1. The second kappa shape index (κ2) is 6.67. The van der Waals surface area contributed by atoms with Gasteiger partial charge in [0.05, 0.1) is 11.4 Å². The van der Waals surface area contributed by atoms with Crippen molar-refractivity contribution in [3.8, 4) is 0 Å². The summed E-state index contributed by atoms with van der Waals surface area (Å²) in [7, 11) is -2.53. The van der Waals surface area contributed by atoms with Crippen LogP contribution in [0.5, 0.6) is 0 Å². The van der Waals surface area contributed by atoms with Crippen LogP contribution in [0.25, 0.3) is 0 Å². The van der Waals surface area contributed by atoms with Gasteiger partial charge in [0.1, 0.15) is 15.8 Å². The number of hydrogen-bond acceptors (Lipinski definition) is 7. The predicted octanol–water partition coefficient (Wildman–Crippen LogP) is 0.743. The lowest BCUT2D eigenvalue weighted by atomic mass is 10.1. The Morgan fingerprint density at radius 2 is 2.00 bits per heavy atom. The number of amides is 3. The Morgan fingerprint density at radius 3 is 2.67 bits per heavy atom. The number of anilines is 2. The molecule has 27 heavy (non-hydrogen) atoms. The quantitative estimate of drug-likeness (QED) is 0.682. The summed E-state index contributed by atoms with van der Waals surface area (Å²) in [6.07, 6.45) is 0. The number of hydrogen-bond donors (Lipinski definition) is 3. The fourth-order valence-electron chi connectivity index (χ4n) is 2.63. The van der Waals surface area contributed by atoms with Crippen LogP contribution < -0.4 is 20.7 Å². The summed E-state index contributed by atoms with van der Waals surface area (Å²) in [6.45, 7) is 1.74. The molecule has 9 nitrogen and oxygen atoms in total. The highest BCUT2D eigenvalue weighted by molar-refractivity contribution is 7.90.